The largest absolute Gasteiger partial charge is 0.465 e. The van der Waals surface area contributed by atoms with Crippen LogP contribution in [0, 0.1) is 18.3 Å². The van der Waals surface area contributed by atoms with Crippen LogP contribution in [0.5, 0.6) is 0 Å². The van der Waals surface area contributed by atoms with Crippen molar-refractivity contribution in [3.05, 3.63) is 21.0 Å². The number of ether oxygens (including phenoxy) is 1. The van der Waals surface area contributed by atoms with Crippen molar-refractivity contribution in [1.29, 1.82) is 0 Å². The number of hydrogen-bond donors (Lipinski definition) is 1. The molecule has 1 atom stereocenters. The van der Waals surface area contributed by atoms with Gasteiger partial charge >= 0.3 is 5.97 Å². The molecular weight excluding hydrogens is 426 g/mol. The molecule has 1 aliphatic carbocycles. The molecular formula is C20H27N3O3S3. The van der Waals surface area contributed by atoms with Gasteiger partial charge in [0, 0.05) is 17.1 Å². The van der Waals surface area contributed by atoms with Gasteiger partial charge in [-0.2, -0.15) is 0 Å². The van der Waals surface area contributed by atoms with Crippen molar-refractivity contribution >= 4 is 51.3 Å². The second-order valence-corrected chi connectivity index (χ2v) is 11.9. The maximum absolute atomic E-state index is 12.5. The number of carbonyl (C=O) groups excluding carboxylic acids is 2. The van der Waals surface area contributed by atoms with Crippen LogP contribution in [0.25, 0.3) is 0 Å². The molecule has 9 heteroatoms. The Bertz CT molecular complexity index is 899. The molecule has 3 rings (SSSR count). The number of nitrogens with zero attached hydrogens (tertiary/aromatic N) is 2. The van der Waals surface area contributed by atoms with Gasteiger partial charge in [0.2, 0.25) is 5.91 Å². The molecule has 6 nitrogen and oxygen atoms in total. The van der Waals surface area contributed by atoms with Crippen molar-refractivity contribution in [2.75, 3.05) is 18.2 Å². The number of hydrogen-bond acceptors (Lipinski definition) is 8. The first-order valence-corrected chi connectivity index (χ1v) is 12.3. The Morgan fingerprint density at radius 1 is 1.28 bits per heavy atom. The average Bonchev–Trinajstić information content (AvgIpc) is 3.22. The van der Waals surface area contributed by atoms with Gasteiger partial charge in [0.1, 0.15) is 10.0 Å². The number of rotatable bonds is 6. The van der Waals surface area contributed by atoms with E-state index in [0.29, 0.717) is 28.7 Å². The topological polar surface area (TPSA) is 81.2 Å². The Balaban J connectivity index is 1.70. The van der Waals surface area contributed by atoms with Crippen molar-refractivity contribution in [3.8, 4) is 0 Å². The minimum absolute atomic E-state index is 0.102. The van der Waals surface area contributed by atoms with E-state index in [4.69, 9.17) is 4.74 Å². The first-order chi connectivity index (χ1) is 13.7. The van der Waals surface area contributed by atoms with Gasteiger partial charge in [-0.25, -0.2) is 4.79 Å². The van der Waals surface area contributed by atoms with Crippen LogP contribution < -0.4 is 5.32 Å². The Morgan fingerprint density at radius 2 is 2.03 bits per heavy atom. The number of amides is 1. The molecule has 1 N–H and O–H groups in total. The monoisotopic (exact) mass is 453 g/mol. The van der Waals surface area contributed by atoms with Crippen LogP contribution in [0.3, 0.4) is 0 Å². The summed E-state index contributed by atoms with van der Waals surface area (Å²) < 4.78 is 5.88. The highest BCUT2D eigenvalue weighted by Gasteiger charge is 2.34. The van der Waals surface area contributed by atoms with E-state index < -0.39 is 0 Å². The van der Waals surface area contributed by atoms with Crippen LogP contribution in [0.2, 0.25) is 0 Å². The predicted molar refractivity (Wildman–Crippen MR) is 119 cm³/mol. The smallest absolute Gasteiger partial charge is 0.341 e. The fourth-order valence-corrected chi connectivity index (χ4v) is 6.64. The lowest BCUT2D eigenvalue weighted by Crippen LogP contribution is -2.26. The van der Waals surface area contributed by atoms with Crippen LogP contribution in [0.15, 0.2) is 4.34 Å². The number of methoxy groups -OCH3 is 1. The Hall–Kier alpha value is -1.45. The van der Waals surface area contributed by atoms with E-state index in [0.717, 1.165) is 34.2 Å². The second-order valence-electron chi connectivity index (χ2n) is 8.24. The molecule has 0 radical (unpaired) electrons. The molecule has 0 saturated heterocycles. The lowest BCUT2D eigenvalue weighted by molar-refractivity contribution is -0.115. The summed E-state index contributed by atoms with van der Waals surface area (Å²) in [6.45, 7) is 8.69. The number of anilines is 1. The number of nitrogens with one attached hydrogen (secondary N) is 1. The van der Waals surface area contributed by atoms with E-state index in [9.17, 15) is 9.59 Å². The van der Waals surface area contributed by atoms with E-state index in [1.54, 1.807) is 0 Å². The normalized spacial score (nSPS) is 16.4. The molecule has 2 heterocycles. The molecule has 1 aliphatic rings. The van der Waals surface area contributed by atoms with Crippen molar-refractivity contribution in [2.24, 2.45) is 11.3 Å². The molecule has 1 amide bonds. The summed E-state index contributed by atoms with van der Waals surface area (Å²) in [5.74, 6) is 0.709. The van der Waals surface area contributed by atoms with Crippen LogP contribution in [0.1, 0.15) is 59.4 Å². The van der Waals surface area contributed by atoms with Crippen molar-refractivity contribution < 1.29 is 14.3 Å². The van der Waals surface area contributed by atoms with Gasteiger partial charge in [-0.3, -0.25) is 4.79 Å². The fourth-order valence-electron chi connectivity index (χ4n) is 3.49. The SMILES string of the molecule is COC(=O)c1c(NC(=O)CCSc2nnc(C)s2)sc2c1CCC(C(C)(C)C)C2. The molecule has 0 aromatic carbocycles. The fraction of sp³-hybridized carbons (Fsp3) is 0.600. The predicted octanol–water partition coefficient (Wildman–Crippen LogP) is 4.97. The summed E-state index contributed by atoms with van der Waals surface area (Å²) in [6, 6.07) is 0. The third-order valence-corrected chi connectivity index (χ3v) is 8.34. The van der Waals surface area contributed by atoms with Crippen LogP contribution in [-0.4, -0.2) is 34.9 Å². The van der Waals surface area contributed by atoms with E-state index in [1.807, 2.05) is 6.92 Å². The summed E-state index contributed by atoms with van der Waals surface area (Å²) in [7, 11) is 1.39. The van der Waals surface area contributed by atoms with E-state index in [2.05, 4.69) is 36.3 Å². The lowest BCUT2D eigenvalue weighted by Gasteiger charge is -2.33. The molecule has 0 fully saturated rings. The number of aromatic nitrogens is 2. The molecule has 2 aromatic heterocycles. The molecule has 29 heavy (non-hydrogen) atoms. The maximum atomic E-state index is 12.5. The summed E-state index contributed by atoms with van der Waals surface area (Å²) >= 11 is 4.57. The number of carbonyl (C=O) groups is 2. The molecule has 2 aromatic rings. The number of fused-ring (bicyclic) bond motifs is 1. The Labute approximate surface area is 183 Å². The maximum Gasteiger partial charge on any atom is 0.341 e. The highest BCUT2D eigenvalue weighted by molar-refractivity contribution is 8.01. The van der Waals surface area contributed by atoms with Gasteiger partial charge in [0.05, 0.1) is 12.7 Å². The van der Waals surface area contributed by atoms with E-state index in [1.165, 1.54) is 46.4 Å². The van der Waals surface area contributed by atoms with Crippen LogP contribution in [0.4, 0.5) is 5.00 Å². The van der Waals surface area contributed by atoms with Crippen LogP contribution in [-0.2, 0) is 22.4 Å². The van der Waals surface area contributed by atoms with Crippen molar-refractivity contribution in [1.82, 2.24) is 10.2 Å². The lowest BCUT2D eigenvalue weighted by atomic mass is 9.72. The summed E-state index contributed by atoms with van der Waals surface area (Å²) in [5, 5.41) is 12.5. The highest BCUT2D eigenvalue weighted by Crippen LogP contribution is 2.44. The molecule has 0 bridgehead atoms. The van der Waals surface area contributed by atoms with E-state index >= 15 is 0 Å². The van der Waals surface area contributed by atoms with Crippen molar-refractivity contribution in [2.45, 2.75) is 57.7 Å². The zero-order chi connectivity index (χ0) is 21.2. The van der Waals surface area contributed by atoms with Gasteiger partial charge in [0.15, 0.2) is 4.34 Å². The highest BCUT2D eigenvalue weighted by atomic mass is 32.2. The second kappa shape index (κ2) is 9.14. The van der Waals surface area contributed by atoms with E-state index in [-0.39, 0.29) is 17.3 Å². The van der Waals surface area contributed by atoms with Gasteiger partial charge in [-0.1, -0.05) is 43.9 Å². The number of thiophene rings is 1. The average molecular weight is 454 g/mol. The number of thioether (sulfide) groups is 1. The zero-order valence-electron chi connectivity index (χ0n) is 17.5. The minimum atomic E-state index is -0.370. The number of aryl methyl sites for hydroxylation is 1. The third kappa shape index (κ3) is 5.38. The van der Waals surface area contributed by atoms with Crippen LogP contribution >= 0.6 is 34.4 Å². The zero-order valence-corrected chi connectivity index (χ0v) is 19.9. The van der Waals surface area contributed by atoms with Gasteiger partial charge in [-0.15, -0.1) is 21.5 Å². The Morgan fingerprint density at radius 3 is 2.66 bits per heavy atom. The summed E-state index contributed by atoms with van der Waals surface area (Å²) in [5.41, 5.74) is 1.81. The molecule has 0 aliphatic heterocycles. The first kappa shape index (κ1) is 22.2. The van der Waals surface area contributed by atoms with Crippen molar-refractivity contribution in [3.63, 3.8) is 0 Å². The first-order valence-electron chi connectivity index (χ1n) is 9.64. The standard InChI is InChI=1S/C20H27N3O3S3/c1-11-22-23-19(28-11)27-9-8-15(24)21-17-16(18(25)26-5)13-7-6-12(20(2,3)4)10-14(13)29-17/h12H,6-10H2,1-5H3,(H,21,24). The minimum Gasteiger partial charge on any atom is -0.465 e. The molecule has 158 valence electrons. The summed E-state index contributed by atoms with van der Waals surface area (Å²) in [4.78, 5) is 26.1. The summed E-state index contributed by atoms with van der Waals surface area (Å²) in [6.07, 6.45) is 3.18. The molecule has 0 spiro atoms. The number of esters is 1. The van der Waals surface area contributed by atoms with Gasteiger partial charge in [0.25, 0.3) is 0 Å². The van der Waals surface area contributed by atoms with Gasteiger partial charge < -0.3 is 10.1 Å². The quantitative estimate of drug-likeness (QED) is 0.491. The van der Waals surface area contributed by atoms with Gasteiger partial charge in [-0.05, 0) is 43.1 Å². The Kier molecular flexibility index (Phi) is 7.01. The molecule has 0 saturated carbocycles. The third-order valence-electron chi connectivity index (χ3n) is 5.19. The molecule has 1 unspecified atom stereocenters.